The van der Waals surface area contributed by atoms with Crippen LogP contribution in [0.3, 0.4) is 0 Å². The van der Waals surface area contributed by atoms with Crippen molar-refractivity contribution in [2.75, 3.05) is 13.2 Å². The first-order valence-electron chi connectivity index (χ1n) is 9.43. The molecule has 0 N–H and O–H groups in total. The van der Waals surface area contributed by atoms with E-state index < -0.39 is 47.1 Å². The highest BCUT2D eigenvalue weighted by molar-refractivity contribution is 5.95. The summed E-state index contributed by atoms with van der Waals surface area (Å²) in [7, 11) is 0. The van der Waals surface area contributed by atoms with Crippen LogP contribution in [0.5, 0.6) is 0 Å². The highest BCUT2D eigenvalue weighted by Gasteiger charge is 2.45. The van der Waals surface area contributed by atoms with Crippen LogP contribution in [-0.4, -0.2) is 54.8 Å². The Morgan fingerprint density at radius 3 is 2.62 bits per heavy atom. The van der Waals surface area contributed by atoms with Gasteiger partial charge in [0.2, 0.25) is 0 Å². The van der Waals surface area contributed by atoms with Crippen LogP contribution in [0.4, 0.5) is 22.0 Å². The molecule has 1 amide bonds. The van der Waals surface area contributed by atoms with Crippen molar-refractivity contribution in [1.82, 2.24) is 29.6 Å². The van der Waals surface area contributed by atoms with Gasteiger partial charge in [-0.1, -0.05) is 0 Å². The zero-order valence-electron chi connectivity index (χ0n) is 16.1. The maximum atomic E-state index is 14.6. The molecule has 3 aromatic heterocycles. The molecule has 32 heavy (non-hydrogen) atoms. The van der Waals surface area contributed by atoms with Crippen molar-refractivity contribution in [2.24, 2.45) is 0 Å². The third-order valence-corrected chi connectivity index (χ3v) is 5.37. The number of carbonyl (C=O) groups is 1. The molecule has 2 bridgehead atoms. The second-order valence-electron chi connectivity index (χ2n) is 7.29. The number of pyridine rings is 2. The highest BCUT2D eigenvalue weighted by atomic mass is 19.4. The van der Waals surface area contributed by atoms with E-state index in [2.05, 4.69) is 20.2 Å². The minimum absolute atomic E-state index is 0.00392. The van der Waals surface area contributed by atoms with Gasteiger partial charge in [-0.2, -0.15) is 13.2 Å². The van der Waals surface area contributed by atoms with Gasteiger partial charge in [0.25, 0.3) is 5.91 Å². The first kappa shape index (κ1) is 20.4. The Balaban J connectivity index is 1.54. The Bertz CT molecular complexity index is 1200. The normalized spacial score (nSPS) is 20.2. The summed E-state index contributed by atoms with van der Waals surface area (Å²) in [5, 5.41) is 8.19. The Kier molecular flexibility index (Phi) is 4.65. The zero-order chi connectivity index (χ0) is 22.6. The fourth-order valence-electron chi connectivity index (χ4n) is 3.97. The smallest absolute Gasteiger partial charge is 0.377 e. The summed E-state index contributed by atoms with van der Waals surface area (Å²) in [5.41, 5.74) is -2.13. The lowest BCUT2D eigenvalue weighted by Crippen LogP contribution is -2.56. The summed E-state index contributed by atoms with van der Waals surface area (Å²) < 4.78 is 74.2. The molecule has 1 saturated heterocycles. The van der Waals surface area contributed by atoms with Crippen molar-refractivity contribution in [2.45, 2.75) is 24.8 Å². The lowest BCUT2D eigenvalue weighted by atomic mass is 10.0. The third-order valence-electron chi connectivity index (χ3n) is 5.37. The van der Waals surface area contributed by atoms with Crippen LogP contribution in [0, 0.1) is 11.6 Å². The van der Waals surface area contributed by atoms with Crippen molar-refractivity contribution in [1.29, 1.82) is 0 Å². The van der Waals surface area contributed by atoms with Gasteiger partial charge in [-0.15, -0.1) is 10.2 Å². The molecule has 13 heteroatoms. The topological polar surface area (TPSA) is 86.0 Å². The molecule has 0 aromatic carbocycles. The Morgan fingerprint density at radius 2 is 1.91 bits per heavy atom. The lowest BCUT2D eigenvalue weighted by Gasteiger charge is -2.45. The van der Waals surface area contributed by atoms with Gasteiger partial charge in [0, 0.05) is 12.7 Å². The largest absolute Gasteiger partial charge is 0.436 e. The Labute approximate surface area is 176 Å². The van der Waals surface area contributed by atoms with Crippen LogP contribution in [0.1, 0.15) is 27.9 Å². The number of nitrogens with zero attached hydrogens (tertiary/aromatic N) is 6. The van der Waals surface area contributed by atoms with Crippen molar-refractivity contribution in [3.63, 3.8) is 0 Å². The number of rotatable bonds is 2. The summed E-state index contributed by atoms with van der Waals surface area (Å²) in [5.74, 6) is -2.53. The summed E-state index contributed by atoms with van der Waals surface area (Å²) in [4.78, 5) is 21.5. The van der Waals surface area contributed by atoms with E-state index in [1.165, 1.54) is 17.0 Å². The van der Waals surface area contributed by atoms with E-state index in [1.54, 1.807) is 4.57 Å². The number of hydrogen-bond donors (Lipinski definition) is 0. The number of alkyl halides is 3. The molecule has 5 rings (SSSR count). The van der Waals surface area contributed by atoms with Crippen LogP contribution in [-0.2, 0) is 17.5 Å². The molecule has 2 aliphatic heterocycles. The molecule has 5 heterocycles. The number of morpholine rings is 1. The van der Waals surface area contributed by atoms with Gasteiger partial charge in [-0.3, -0.25) is 4.79 Å². The molecule has 3 aromatic rings. The molecule has 1 fully saturated rings. The summed E-state index contributed by atoms with van der Waals surface area (Å²) in [6, 6.07) is 2.14. The molecular weight excluding hydrogens is 439 g/mol. The summed E-state index contributed by atoms with van der Waals surface area (Å²) in [6.07, 6.45) is -3.27. The molecule has 8 nitrogen and oxygen atoms in total. The second kappa shape index (κ2) is 7.29. The van der Waals surface area contributed by atoms with E-state index >= 15 is 0 Å². The van der Waals surface area contributed by atoms with Crippen molar-refractivity contribution in [3.05, 3.63) is 59.3 Å². The van der Waals surface area contributed by atoms with Gasteiger partial charge in [0.15, 0.2) is 23.2 Å². The number of ether oxygens (including phenoxy) is 1. The Morgan fingerprint density at radius 1 is 1.09 bits per heavy atom. The van der Waals surface area contributed by atoms with E-state index in [4.69, 9.17) is 4.74 Å². The molecule has 166 valence electrons. The SMILES string of the molecule is O=C(c1ccnc(C(F)(F)F)c1F)N1C2COCC1c1nnc(-c3ccc(F)cn3)n1C2. The number of hydrogen-bond acceptors (Lipinski definition) is 6. The average Bonchev–Trinajstić information content (AvgIpc) is 3.16. The van der Waals surface area contributed by atoms with Gasteiger partial charge in [0.05, 0.1) is 31.0 Å². The minimum atomic E-state index is -5.04. The van der Waals surface area contributed by atoms with Crippen molar-refractivity contribution < 1.29 is 31.5 Å². The second-order valence-corrected chi connectivity index (χ2v) is 7.29. The molecule has 2 unspecified atom stereocenters. The number of fused-ring (bicyclic) bond motifs is 4. The predicted octanol–water partition coefficient (Wildman–Crippen LogP) is 2.63. The Hall–Kier alpha value is -3.48. The summed E-state index contributed by atoms with van der Waals surface area (Å²) >= 11 is 0. The number of halogens is 5. The van der Waals surface area contributed by atoms with Crippen LogP contribution in [0.15, 0.2) is 30.6 Å². The molecule has 0 saturated carbocycles. The van der Waals surface area contributed by atoms with Crippen LogP contribution in [0.25, 0.3) is 11.5 Å². The standard InChI is InChI=1S/C19H13F5N6O2/c20-9-1-2-12(26-5-9)16-27-28-17-13-8-32-7-10(6-29(16)17)30(13)18(31)11-3-4-25-15(14(11)21)19(22,23)24/h1-5,10,13H,6-8H2. The molecular formula is C19H13F5N6O2. The van der Waals surface area contributed by atoms with Gasteiger partial charge >= 0.3 is 6.18 Å². The summed E-state index contributed by atoms with van der Waals surface area (Å²) in [6.45, 7) is 0.211. The predicted molar refractivity (Wildman–Crippen MR) is 95.9 cm³/mol. The first-order valence-corrected chi connectivity index (χ1v) is 9.43. The molecule has 2 aliphatic rings. The lowest BCUT2D eigenvalue weighted by molar-refractivity contribution is -0.143. The van der Waals surface area contributed by atoms with Crippen LogP contribution >= 0.6 is 0 Å². The van der Waals surface area contributed by atoms with Gasteiger partial charge in [0.1, 0.15) is 17.6 Å². The minimum Gasteiger partial charge on any atom is -0.377 e. The number of amides is 1. The quantitative estimate of drug-likeness (QED) is 0.556. The van der Waals surface area contributed by atoms with E-state index in [9.17, 15) is 26.7 Å². The van der Waals surface area contributed by atoms with Crippen molar-refractivity contribution in [3.8, 4) is 11.5 Å². The highest BCUT2D eigenvalue weighted by Crippen LogP contribution is 2.37. The molecule has 2 atom stereocenters. The zero-order valence-corrected chi connectivity index (χ0v) is 16.1. The van der Waals surface area contributed by atoms with Gasteiger partial charge in [-0.05, 0) is 18.2 Å². The van der Waals surface area contributed by atoms with Crippen LogP contribution < -0.4 is 0 Å². The fourth-order valence-corrected chi connectivity index (χ4v) is 3.97. The first-order chi connectivity index (χ1) is 15.3. The molecule has 0 aliphatic carbocycles. The van der Waals surface area contributed by atoms with E-state index in [1.807, 2.05) is 0 Å². The maximum absolute atomic E-state index is 14.6. The third kappa shape index (κ3) is 3.20. The molecule has 0 radical (unpaired) electrons. The van der Waals surface area contributed by atoms with E-state index in [0.29, 0.717) is 17.3 Å². The fraction of sp³-hybridized carbons (Fsp3) is 0.316. The monoisotopic (exact) mass is 452 g/mol. The van der Waals surface area contributed by atoms with E-state index in [0.717, 1.165) is 18.5 Å². The van der Waals surface area contributed by atoms with Gasteiger partial charge in [-0.25, -0.2) is 18.7 Å². The maximum Gasteiger partial charge on any atom is 0.436 e. The average molecular weight is 452 g/mol. The van der Waals surface area contributed by atoms with Crippen LogP contribution in [0.2, 0.25) is 0 Å². The molecule has 0 spiro atoms. The number of aromatic nitrogens is 5. The van der Waals surface area contributed by atoms with Gasteiger partial charge < -0.3 is 14.2 Å². The van der Waals surface area contributed by atoms with E-state index in [-0.39, 0.29) is 19.8 Å². The number of carbonyl (C=O) groups excluding carboxylic acids is 1. The van der Waals surface area contributed by atoms with Crippen molar-refractivity contribution >= 4 is 5.91 Å².